The average Bonchev–Trinajstić information content (AvgIpc) is 2.78. The normalized spacial score (nSPS) is 14.3. The van der Waals surface area contributed by atoms with E-state index in [0.29, 0.717) is 42.3 Å². The van der Waals surface area contributed by atoms with Gasteiger partial charge in [0.2, 0.25) is 0 Å². The number of hydrogen-bond donors (Lipinski definition) is 1. The van der Waals surface area contributed by atoms with Gasteiger partial charge in [0.1, 0.15) is 0 Å². The maximum Gasteiger partial charge on any atom is 0.337 e. The van der Waals surface area contributed by atoms with Gasteiger partial charge in [0.05, 0.1) is 36.3 Å². The molecule has 3 rings (SSSR count). The van der Waals surface area contributed by atoms with Crippen LogP contribution in [0.15, 0.2) is 52.3 Å². The maximum absolute atomic E-state index is 12.9. The van der Waals surface area contributed by atoms with Crippen molar-refractivity contribution in [2.24, 2.45) is 0 Å². The van der Waals surface area contributed by atoms with Crippen LogP contribution in [-0.4, -0.2) is 64.9 Å². The quantitative estimate of drug-likeness (QED) is 0.533. The first kappa shape index (κ1) is 22.1. The highest BCUT2D eigenvalue weighted by atomic mass is 32.2. The van der Waals surface area contributed by atoms with Crippen LogP contribution in [0, 0.1) is 0 Å². The molecule has 1 saturated heterocycles. The first-order valence-electron chi connectivity index (χ1n) is 9.12. The van der Waals surface area contributed by atoms with Crippen LogP contribution in [-0.2, 0) is 19.5 Å². The number of benzene rings is 2. The van der Waals surface area contributed by atoms with Crippen molar-refractivity contribution in [2.75, 3.05) is 44.4 Å². The number of ether oxygens (including phenoxy) is 2. The van der Waals surface area contributed by atoms with Gasteiger partial charge < -0.3 is 14.4 Å². The summed E-state index contributed by atoms with van der Waals surface area (Å²) in [6, 6.07) is 10.4. The Morgan fingerprint density at radius 2 is 1.77 bits per heavy atom. The number of hydrogen-bond acceptors (Lipinski definition) is 7. The van der Waals surface area contributed by atoms with Crippen LogP contribution in [0.4, 0.5) is 5.69 Å². The first-order chi connectivity index (χ1) is 14.4. The summed E-state index contributed by atoms with van der Waals surface area (Å²) in [7, 11) is -2.66. The zero-order valence-electron chi connectivity index (χ0n) is 16.6. The molecule has 30 heavy (non-hydrogen) atoms. The van der Waals surface area contributed by atoms with Crippen molar-refractivity contribution in [1.29, 1.82) is 0 Å². The molecule has 2 aromatic rings. The van der Waals surface area contributed by atoms with Gasteiger partial charge >= 0.3 is 5.97 Å². The second-order valence-electron chi connectivity index (χ2n) is 6.44. The number of morpholine rings is 1. The number of nitrogens with one attached hydrogen (secondary N) is 1. The molecule has 1 fully saturated rings. The minimum Gasteiger partial charge on any atom is -0.465 e. The molecule has 0 unspecified atom stereocenters. The van der Waals surface area contributed by atoms with E-state index in [0.717, 1.165) is 0 Å². The molecule has 0 atom stereocenters. The molecular formula is C20H22N2O6S2. The van der Waals surface area contributed by atoms with Crippen LogP contribution in [0.3, 0.4) is 0 Å². The molecule has 2 aromatic carbocycles. The lowest BCUT2D eigenvalue weighted by Crippen LogP contribution is -2.40. The number of carbonyl (C=O) groups excluding carboxylic acids is 2. The summed E-state index contributed by atoms with van der Waals surface area (Å²) in [6.07, 6.45) is 1.83. The van der Waals surface area contributed by atoms with Crippen LogP contribution in [0.5, 0.6) is 0 Å². The van der Waals surface area contributed by atoms with Gasteiger partial charge in [-0.1, -0.05) is 0 Å². The third-order valence-corrected chi connectivity index (χ3v) is 6.74. The molecule has 0 radical (unpaired) electrons. The van der Waals surface area contributed by atoms with E-state index in [2.05, 4.69) is 9.46 Å². The van der Waals surface area contributed by atoms with Gasteiger partial charge in [-0.25, -0.2) is 13.2 Å². The Bertz CT molecular complexity index is 1030. The molecule has 0 aromatic heterocycles. The van der Waals surface area contributed by atoms with E-state index in [-0.39, 0.29) is 16.5 Å². The number of esters is 1. The smallest absolute Gasteiger partial charge is 0.337 e. The van der Waals surface area contributed by atoms with Crippen LogP contribution < -0.4 is 4.72 Å². The van der Waals surface area contributed by atoms with Crippen molar-refractivity contribution in [3.63, 3.8) is 0 Å². The number of anilines is 1. The SMILES string of the molecule is COC(=O)c1ccc(NS(=O)(=O)c2ccc(SC)c(C(=O)N3CCOCC3)c2)cc1. The summed E-state index contributed by atoms with van der Waals surface area (Å²) < 4.78 is 38.1. The lowest BCUT2D eigenvalue weighted by atomic mass is 10.2. The molecule has 1 N–H and O–H groups in total. The van der Waals surface area contributed by atoms with E-state index >= 15 is 0 Å². The van der Waals surface area contributed by atoms with Crippen LogP contribution in [0.25, 0.3) is 0 Å². The number of carbonyl (C=O) groups is 2. The molecule has 1 amide bonds. The standard InChI is InChI=1S/C20H22N2O6S2/c1-27-20(24)14-3-5-15(6-4-14)21-30(25,26)16-7-8-18(29-2)17(13-16)19(23)22-9-11-28-12-10-22/h3-8,13,21H,9-12H2,1-2H3. The number of thioether (sulfide) groups is 1. The predicted molar refractivity (Wildman–Crippen MR) is 114 cm³/mol. The van der Waals surface area contributed by atoms with Crippen molar-refractivity contribution >= 4 is 39.3 Å². The summed E-state index contributed by atoms with van der Waals surface area (Å²) in [5, 5.41) is 0. The van der Waals surface area contributed by atoms with E-state index in [1.807, 2.05) is 6.26 Å². The van der Waals surface area contributed by atoms with Crippen molar-refractivity contribution in [2.45, 2.75) is 9.79 Å². The van der Waals surface area contributed by atoms with Crippen LogP contribution >= 0.6 is 11.8 Å². The number of nitrogens with zero attached hydrogens (tertiary/aromatic N) is 1. The van der Waals surface area contributed by atoms with Gasteiger partial charge in [0.15, 0.2) is 0 Å². The van der Waals surface area contributed by atoms with Crippen LogP contribution in [0.1, 0.15) is 20.7 Å². The second kappa shape index (κ2) is 9.50. The minimum atomic E-state index is -3.93. The summed E-state index contributed by atoms with van der Waals surface area (Å²) in [4.78, 5) is 26.8. The molecule has 0 spiro atoms. The molecule has 1 aliphatic heterocycles. The molecule has 0 aliphatic carbocycles. The topological polar surface area (TPSA) is 102 Å². The molecule has 1 heterocycles. The number of rotatable bonds is 6. The lowest BCUT2D eigenvalue weighted by molar-refractivity contribution is 0.0300. The fraction of sp³-hybridized carbons (Fsp3) is 0.300. The van der Waals surface area contributed by atoms with Gasteiger partial charge in [0, 0.05) is 23.7 Å². The Morgan fingerprint density at radius 3 is 2.37 bits per heavy atom. The lowest BCUT2D eigenvalue weighted by Gasteiger charge is -2.27. The molecular weight excluding hydrogens is 428 g/mol. The largest absolute Gasteiger partial charge is 0.465 e. The molecule has 0 bridgehead atoms. The predicted octanol–water partition coefficient (Wildman–Crippen LogP) is 2.47. The van der Waals surface area contributed by atoms with Gasteiger partial charge in [-0.15, -0.1) is 11.8 Å². The summed E-state index contributed by atoms with van der Waals surface area (Å²) in [6.45, 7) is 1.85. The van der Waals surface area contributed by atoms with Crippen molar-refractivity contribution < 1.29 is 27.5 Å². The highest BCUT2D eigenvalue weighted by Crippen LogP contribution is 2.26. The summed E-state index contributed by atoms with van der Waals surface area (Å²) >= 11 is 1.38. The fourth-order valence-electron chi connectivity index (χ4n) is 2.96. The third-order valence-electron chi connectivity index (χ3n) is 4.57. The van der Waals surface area contributed by atoms with Gasteiger partial charge in [0.25, 0.3) is 15.9 Å². The zero-order valence-corrected chi connectivity index (χ0v) is 18.2. The molecule has 0 saturated carbocycles. The first-order valence-corrected chi connectivity index (χ1v) is 11.8. The summed E-state index contributed by atoms with van der Waals surface area (Å²) in [5.41, 5.74) is 0.939. The van der Waals surface area contributed by atoms with Crippen molar-refractivity contribution in [3.05, 3.63) is 53.6 Å². The Kier molecular flexibility index (Phi) is 7.01. The Morgan fingerprint density at radius 1 is 1.10 bits per heavy atom. The van der Waals surface area contributed by atoms with Crippen LogP contribution in [0.2, 0.25) is 0 Å². The third kappa shape index (κ3) is 4.94. The van der Waals surface area contributed by atoms with E-state index in [1.54, 1.807) is 11.0 Å². The highest BCUT2D eigenvalue weighted by molar-refractivity contribution is 7.98. The molecule has 8 nitrogen and oxygen atoms in total. The average molecular weight is 451 g/mol. The molecule has 160 valence electrons. The van der Waals surface area contributed by atoms with Crippen molar-refractivity contribution in [3.8, 4) is 0 Å². The number of sulfonamides is 1. The van der Waals surface area contributed by atoms with E-state index in [1.165, 1.54) is 55.3 Å². The van der Waals surface area contributed by atoms with E-state index in [9.17, 15) is 18.0 Å². The Labute approximate surface area is 179 Å². The van der Waals surface area contributed by atoms with Gasteiger partial charge in [-0.05, 0) is 48.7 Å². The molecule has 10 heteroatoms. The Hall–Kier alpha value is -2.56. The summed E-state index contributed by atoms with van der Waals surface area (Å²) in [5.74, 6) is -0.731. The monoisotopic (exact) mass is 450 g/mol. The van der Waals surface area contributed by atoms with Gasteiger partial charge in [-0.3, -0.25) is 9.52 Å². The van der Waals surface area contributed by atoms with Gasteiger partial charge in [-0.2, -0.15) is 0 Å². The Balaban J connectivity index is 1.86. The van der Waals surface area contributed by atoms with Crippen molar-refractivity contribution in [1.82, 2.24) is 4.90 Å². The second-order valence-corrected chi connectivity index (χ2v) is 8.97. The number of methoxy groups -OCH3 is 1. The fourth-order valence-corrected chi connectivity index (χ4v) is 4.62. The maximum atomic E-state index is 12.9. The highest BCUT2D eigenvalue weighted by Gasteiger charge is 2.24. The minimum absolute atomic E-state index is 0.0195. The van der Waals surface area contributed by atoms with E-state index in [4.69, 9.17) is 4.74 Å². The zero-order chi connectivity index (χ0) is 21.7. The number of amides is 1. The molecule has 1 aliphatic rings. The van der Waals surface area contributed by atoms with E-state index < -0.39 is 16.0 Å².